The second kappa shape index (κ2) is 11.0. The molecule has 1 aromatic rings. The van der Waals surface area contributed by atoms with Crippen LogP contribution in [0.25, 0.3) is 0 Å². The number of nitrogens with zero attached hydrogens (tertiary/aromatic N) is 1. The molecule has 1 amide bonds. The fourth-order valence-corrected chi connectivity index (χ4v) is 3.76. The number of aliphatic carboxylic acids is 1. The van der Waals surface area contributed by atoms with Crippen molar-refractivity contribution in [2.24, 2.45) is 0 Å². The third kappa shape index (κ3) is 7.64. The second-order valence-corrected chi connectivity index (χ2v) is 7.82. The summed E-state index contributed by atoms with van der Waals surface area (Å²) in [5.74, 6) is 0.698. The summed E-state index contributed by atoms with van der Waals surface area (Å²) in [5, 5.41) is 18.9. The Hall–Kier alpha value is -1.99. The largest absolute Gasteiger partial charge is 0.481 e. The van der Waals surface area contributed by atoms with Gasteiger partial charge in [-0.15, -0.1) is 0 Å². The Morgan fingerprint density at radius 2 is 2.26 bits per heavy atom. The van der Waals surface area contributed by atoms with Crippen LogP contribution in [-0.2, 0) is 16.0 Å². The Kier molecular flexibility index (Phi) is 8.67. The maximum atomic E-state index is 11.9. The van der Waals surface area contributed by atoms with Crippen LogP contribution in [0.5, 0.6) is 0 Å². The van der Waals surface area contributed by atoms with Gasteiger partial charge in [0.05, 0.1) is 12.1 Å². The number of carboxylic acid groups (broad SMARTS) is 1. The molecule has 1 aliphatic rings. The van der Waals surface area contributed by atoms with Crippen LogP contribution in [0.3, 0.4) is 0 Å². The van der Waals surface area contributed by atoms with Crippen LogP contribution in [0, 0.1) is 6.92 Å². The van der Waals surface area contributed by atoms with Gasteiger partial charge in [0.25, 0.3) is 0 Å². The number of hydrogen-bond donors (Lipinski definition) is 2. The average molecular weight is 394 g/mol. The average Bonchev–Trinajstić information content (AvgIpc) is 2.96. The minimum atomic E-state index is -0.784. The quantitative estimate of drug-likeness (QED) is 0.444. The number of ether oxygens (including phenoxy) is 1. The monoisotopic (exact) mass is 393 g/mol. The molecule has 0 bridgehead atoms. The van der Waals surface area contributed by atoms with E-state index in [0.717, 1.165) is 22.6 Å². The number of aryl methyl sites for hydroxylation is 1. The van der Waals surface area contributed by atoms with E-state index in [0.29, 0.717) is 19.4 Å². The lowest BCUT2D eigenvalue weighted by Gasteiger charge is -2.18. The summed E-state index contributed by atoms with van der Waals surface area (Å²) in [6.45, 7) is 2.85. The summed E-state index contributed by atoms with van der Waals surface area (Å²) in [5.41, 5.74) is 2.23. The van der Waals surface area contributed by atoms with Gasteiger partial charge in [-0.2, -0.15) is 11.8 Å². The molecular weight excluding hydrogens is 366 g/mol. The number of aliphatic hydroxyl groups is 1. The number of benzene rings is 1. The molecule has 148 valence electrons. The molecule has 1 aromatic carbocycles. The van der Waals surface area contributed by atoms with Crippen molar-refractivity contribution in [1.29, 1.82) is 0 Å². The first kappa shape index (κ1) is 21.3. The van der Waals surface area contributed by atoms with E-state index in [1.165, 1.54) is 0 Å². The predicted octanol–water partition coefficient (Wildman–Crippen LogP) is 2.87. The number of rotatable bonds is 11. The number of carbonyl (C=O) groups is 2. The van der Waals surface area contributed by atoms with Crippen molar-refractivity contribution in [1.82, 2.24) is 4.90 Å². The van der Waals surface area contributed by atoms with E-state index >= 15 is 0 Å². The zero-order valence-corrected chi connectivity index (χ0v) is 16.4. The van der Waals surface area contributed by atoms with Crippen molar-refractivity contribution >= 4 is 23.8 Å². The highest BCUT2D eigenvalue weighted by molar-refractivity contribution is 7.99. The Labute approximate surface area is 164 Å². The molecular formula is C20H27NO5S. The molecule has 1 heterocycles. The Morgan fingerprint density at radius 3 is 3.00 bits per heavy atom. The zero-order valence-electron chi connectivity index (χ0n) is 15.5. The standard InChI is InChI=1S/C20H27NO5S/c1-15-4-2-5-16(12-15)13-18(22)8-7-17-14-26-20(25)21(17)9-11-27-10-3-6-19(23)24/h2,4-5,7-8,12,17-18,22H,3,6,9-11,13-14H2,1H3,(H,23,24)/t17-,18+/m0/s1. The minimum absolute atomic E-state index is 0.170. The molecule has 0 unspecified atom stereocenters. The smallest absolute Gasteiger partial charge is 0.410 e. The molecule has 2 N–H and O–H groups in total. The van der Waals surface area contributed by atoms with Crippen molar-refractivity contribution < 1.29 is 24.5 Å². The fraction of sp³-hybridized carbons (Fsp3) is 0.500. The van der Waals surface area contributed by atoms with E-state index in [9.17, 15) is 14.7 Å². The number of carboxylic acids is 1. The number of cyclic esters (lactones) is 1. The van der Waals surface area contributed by atoms with Crippen LogP contribution in [0.15, 0.2) is 36.4 Å². The summed E-state index contributed by atoms with van der Waals surface area (Å²) in [6, 6.07) is 7.85. The van der Waals surface area contributed by atoms with E-state index in [1.807, 2.05) is 37.3 Å². The molecule has 1 aliphatic heterocycles. The second-order valence-electron chi connectivity index (χ2n) is 6.59. The van der Waals surface area contributed by atoms with Gasteiger partial charge in [0, 0.05) is 25.1 Å². The van der Waals surface area contributed by atoms with Gasteiger partial charge in [0.1, 0.15) is 6.61 Å². The summed E-state index contributed by atoms with van der Waals surface area (Å²) in [6.07, 6.45) is 3.92. The highest BCUT2D eigenvalue weighted by atomic mass is 32.2. The first-order valence-corrected chi connectivity index (χ1v) is 10.3. The molecule has 0 radical (unpaired) electrons. The molecule has 6 nitrogen and oxygen atoms in total. The number of amides is 1. The van der Waals surface area contributed by atoms with Gasteiger partial charge >= 0.3 is 12.1 Å². The molecule has 0 aromatic heterocycles. The molecule has 1 fully saturated rings. The summed E-state index contributed by atoms with van der Waals surface area (Å²) >= 11 is 1.63. The third-order valence-electron chi connectivity index (χ3n) is 4.25. The topological polar surface area (TPSA) is 87.1 Å². The molecule has 1 saturated heterocycles. The van der Waals surface area contributed by atoms with Gasteiger partial charge in [0.2, 0.25) is 0 Å². The SMILES string of the molecule is Cc1cccc(C[C@H](O)C=C[C@H]2COC(=O)N2CCSCCCC(=O)O)c1. The molecule has 27 heavy (non-hydrogen) atoms. The van der Waals surface area contributed by atoms with E-state index in [-0.39, 0.29) is 25.2 Å². The van der Waals surface area contributed by atoms with E-state index in [2.05, 4.69) is 0 Å². The number of hydrogen-bond acceptors (Lipinski definition) is 5. The first-order valence-electron chi connectivity index (χ1n) is 9.10. The van der Waals surface area contributed by atoms with E-state index in [4.69, 9.17) is 9.84 Å². The van der Waals surface area contributed by atoms with Crippen molar-refractivity contribution in [2.75, 3.05) is 24.7 Å². The fourth-order valence-electron chi connectivity index (χ4n) is 2.88. The van der Waals surface area contributed by atoms with Crippen molar-refractivity contribution in [3.05, 3.63) is 47.5 Å². The van der Waals surface area contributed by atoms with Crippen molar-refractivity contribution in [2.45, 2.75) is 38.3 Å². The highest BCUT2D eigenvalue weighted by Gasteiger charge is 2.30. The lowest BCUT2D eigenvalue weighted by molar-refractivity contribution is -0.137. The molecule has 2 rings (SSSR count). The van der Waals surface area contributed by atoms with E-state index in [1.54, 1.807) is 22.7 Å². The maximum Gasteiger partial charge on any atom is 0.410 e. The number of aliphatic hydroxyl groups excluding tert-OH is 1. The van der Waals surface area contributed by atoms with Crippen LogP contribution >= 0.6 is 11.8 Å². The Morgan fingerprint density at radius 1 is 1.44 bits per heavy atom. The molecule has 7 heteroatoms. The van der Waals surface area contributed by atoms with Gasteiger partial charge < -0.3 is 14.9 Å². The number of carbonyl (C=O) groups excluding carboxylic acids is 1. The van der Waals surface area contributed by atoms with Crippen LogP contribution in [0.4, 0.5) is 4.79 Å². The zero-order chi connectivity index (χ0) is 19.6. The van der Waals surface area contributed by atoms with E-state index < -0.39 is 12.1 Å². The normalized spacial score (nSPS) is 18.1. The first-order chi connectivity index (χ1) is 13.0. The third-order valence-corrected chi connectivity index (χ3v) is 5.30. The predicted molar refractivity (Wildman–Crippen MR) is 106 cm³/mol. The minimum Gasteiger partial charge on any atom is -0.481 e. The summed E-state index contributed by atoms with van der Waals surface area (Å²) in [7, 11) is 0. The van der Waals surface area contributed by atoms with Gasteiger partial charge in [-0.25, -0.2) is 4.79 Å². The van der Waals surface area contributed by atoms with Crippen LogP contribution in [0.2, 0.25) is 0 Å². The lowest BCUT2D eigenvalue weighted by Crippen LogP contribution is -2.34. The van der Waals surface area contributed by atoms with Gasteiger partial charge in [-0.1, -0.05) is 42.0 Å². The van der Waals surface area contributed by atoms with Crippen molar-refractivity contribution in [3.8, 4) is 0 Å². The lowest BCUT2D eigenvalue weighted by atomic mass is 10.0. The van der Waals surface area contributed by atoms with Gasteiger partial charge in [-0.05, 0) is 24.7 Å². The summed E-state index contributed by atoms with van der Waals surface area (Å²) < 4.78 is 5.12. The van der Waals surface area contributed by atoms with Crippen LogP contribution in [-0.4, -0.2) is 64.0 Å². The van der Waals surface area contributed by atoms with Crippen molar-refractivity contribution in [3.63, 3.8) is 0 Å². The maximum absolute atomic E-state index is 11.9. The highest BCUT2D eigenvalue weighted by Crippen LogP contribution is 2.16. The van der Waals surface area contributed by atoms with Crippen LogP contribution < -0.4 is 0 Å². The molecule has 2 atom stereocenters. The Bertz CT molecular complexity index is 664. The number of thioether (sulfide) groups is 1. The molecule has 0 spiro atoms. The van der Waals surface area contributed by atoms with Gasteiger partial charge in [-0.3, -0.25) is 9.69 Å². The summed E-state index contributed by atoms with van der Waals surface area (Å²) in [4.78, 5) is 24.0. The molecule has 0 saturated carbocycles. The van der Waals surface area contributed by atoms with Gasteiger partial charge in [0.15, 0.2) is 0 Å². The Balaban J connectivity index is 1.77. The van der Waals surface area contributed by atoms with Crippen LogP contribution in [0.1, 0.15) is 24.0 Å². The molecule has 0 aliphatic carbocycles.